The third-order valence-corrected chi connectivity index (χ3v) is 4.71. The van der Waals surface area contributed by atoms with Gasteiger partial charge in [-0.2, -0.15) is 0 Å². The summed E-state index contributed by atoms with van der Waals surface area (Å²) in [4.78, 5) is 10.8. The van der Waals surface area contributed by atoms with Gasteiger partial charge in [0, 0.05) is 5.56 Å². The molecule has 0 heterocycles. The van der Waals surface area contributed by atoms with Crippen molar-refractivity contribution >= 4 is 5.97 Å². The number of ether oxygens (including phenoxy) is 1. The van der Waals surface area contributed by atoms with Gasteiger partial charge in [-0.1, -0.05) is 24.3 Å². The zero-order chi connectivity index (χ0) is 18.9. The lowest BCUT2D eigenvalue weighted by Crippen LogP contribution is -2.12. The largest absolute Gasteiger partial charge is 0.491 e. The molecule has 0 unspecified atom stereocenters. The van der Waals surface area contributed by atoms with Crippen LogP contribution in [0.25, 0.3) is 11.1 Å². The number of carboxylic acid groups (broad SMARTS) is 1. The number of aliphatic carboxylic acids is 1. The zero-order valence-corrected chi connectivity index (χ0v) is 14.8. The SMILES string of the molecule is CC(C)Oc1ccc(F)c(-c2ccc(CC[C@]3(F)C[C@H]3C(=O)O)cc2)c1. The summed E-state index contributed by atoms with van der Waals surface area (Å²) >= 11 is 0. The third kappa shape index (κ3) is 4.03. The topological polar surface area (TPSA) is 46.5 Å². The zero-order valence-electron chi connectivity index (χ0n) is 14.8. The summed E-state index contributed by atoms with van der Waals surface area (Å²) in [5, 5.41) is 8.87. The minimum Gasteiger partial charge on any atom is -0.491 e. The van der Waals surface area contributed by atoms with Crippen LogP contribution in [0.2, 0.25) is 0 Å². The summed E-state index contributed by atoms with van der Waals surface area (Å²) in [6, 6.07) is 11.9. The molecule has 138 valence electrons. The van der Waals surface area contributed by atoms with Crippen molar-refractivity contribution in [3.8, 4) is 16.9 Å². The van der Waals surface area contributed by atoms with E-state index in [1.54, 1.807) is 24.3 Å². The van der Waals surface area contributed by atoms with Crippen LogP contribution in [-0.2, 0) is 11.2 Å². The number of alkyl halides is 1. The number of hydrogen-bond donors (Lipinski definition) is 1. The fourth-order valence-electron chi connectivity index (χ4n) is 3.14. The highest BCUT2D eigenvalue weighted by Crippen LogP contribution is 2.50. The quantitative estimate of drug-likeness (QED) is 0.754. The van der Waals surface area contributed by atoms with Gasteiger partial charge < -0.3 is 9.84 Å². The summed E-state index contributed by atoms with van der Waals surface area (Å²) in [7, 11) is 0. The van der Waals surface area contributed by atoms with E-state index in [2.05, 4.69) is 0 Å². The van der Waals surface area contributed by atoms with Crippen molar-refractivity contribution in [2.75, 3.05) is 0 Å². The van der Waals surface area contributed by atoms with Gasteiger partial charge in [0.1, 0.15) is 17.2 Å². The van der Waals surface area contributed by atoms with E-state index in [1.165, 1.54) is 6.07 Å². The van der Waals surface area contributed by atoms with E-state index in [9.17, 15) is 13.6 Å². The molecule has 1 fully saturated rings. The summed E-state index contributed by atoms with van der Waals surface area (Å²) in [5.41, 5.74) is 0.478. The molecule has 0 spiro atoms. The second-order valence-electron chi connectivity index (χ2n) is 7.13. The lowest BCUT2D eigenvalue weighted by atomic mass is 10.00. The van der Waals surface area contributed by atoms with Gasteiger partial charge in [0.2, 0.25) is 0 Å². The van der Waals surface area contributed by atoms with Crippen molar-refractivity contribution in [2.45, 2.75) is 44.9 Å². The molecule has 1 aliphatic rings. The number of benzene rings is 2. The maximum absolute atomic E-state index is 14.2. The Morgan fingerprint density at radius 1 is 1.27 bits per heavy atom. The second-order valence-corrected chi connectivity index (χ2v) is 7.13. The Morgan fingerprint density at radius 3 is 2.54 bits per heavy atom. The molecule has 1 aliphatic carbocycles. The fourth-order valence-corrected chi connectivity index (χ4v) is 3.14. The molecule has 26 heavy (non-hydrogen) atoms. The Balaban J connectivity index is 1.69. The first kappa shape index (κ1) is 18.4. The average molecular weight is 360 g/mol. The minimum absolute atomic E-state index is 0.000705. The Hall–Kier alpha value is -2.43. The maximum Gasteiger partial charge on any atom is 0.309 e. The maximum atomic E-state index is 14.2. The molecule has 0 radical (unpaired) electrons. The van der Waals surface area contributed by atoms with E-state index in [0.29, 0.717) is 23.3 Å². The van der Waals surface area contributed by atoms with Gasteiger partial charge in [-0.15, -0.1) is 0 Å². The summed E-state index contributed by atoms with van der Waals surface area (Å²) in [5.74, 6) is -1.67. The molecule has 3 nitrogen and oxygen atoms in total. The standard InChI is InChI=1S/C21H22F2O3/c1-13(2)26-16-7-8-19(22)17(11-16)15-5-3-14(4-6-15)9-10-21(23)12-18(21)20(24)25/h3-8,11,13,18H,9-10,12H2,1-2H3,(H,24,25)/t18-,21-/m0/s1. The van der Waals surface area contributed by atoms with E-state index < -0.39 is 17.6 Å². The highest BCUT2D eigenvalue weighted by molar-refractivity contribution is 5.75. The fraction of sp³-hybridized carbons (Fsp3) is 0.381. The van der Waals surface area contributed by atoms with Crippen molar-refractivity contribution in [2.24, 2.45) is 5.92 Å². The average Bonchev–Trinajstić information content (AvgIpc) is 3.28. The summed E-state index contributed by atoms with van der Waals surface area (Å²) in [6.07, 6.45) is 0.740. The Bertz CT molecular complexity index is 801. The van der Waals surface area contributed by atoms with Crippen LogP contribution in [0.15, 0.2) is 42.5 Å². The lowest BCUT2D eigenvalue weighted by molar-refractivity contribution is -0.139. The van der Waals surface area contributed by atoms with Gasteiger partial charge in [-0.05, 0) is 62.4 Å². The Kier molecular flexibility index (Phi) is 4.99. The van der Waals surface area contributed by atoms with Crippen LogP contribution in [0.1, 0.15) is 32.3 Å². The van der Waals surface area contributed by atoms with Crippen molar-refractivity contribution in [3.05, 3.63) is 53.8 Å². The lowest BCUT2D eigenvalue weighted by Gasteiger charge is -2.12. The van der Waals surface area contributed by atoms with Crippen molar-refractivity contribution < 1.29 is 23.4 Å². The molecule has 0 aliphatic heterocycles. The van der Waals surface area contributed by atoms with Crippen LogP contribution in [0.3, 0.4) is 0 Å². The molecule has 5 heteroatoms. The van der Waals surface area contributed by atoms with Crippen LogP contribution in [0.5, 0.6) is 5.75 Å². The van der Waals surface area contributed by atoms with Gasteiger partial charge in [-0.3, -0.25) is 4.79 Å². The van der Waals surface area contributed by atoms with E-state index in [0.717, 1.165) is 5.56 Å². The van der Waals surface area contributed by atoms with Crippen molar-refractivity contribution in [1.29, 1.82) is 0 Å². The molecule has 2 aromatic carbocycles. The van der Waals surface area contributed by atoms with Gasteiger partial charge in [0.05, 0.1) is 12.0 Å². The number of carbonyl (C=O) groups is 1. The Morgan fingerprint density at radius 2 is 1.96 bits per heavy atom. The number of halogens is 2. The summed E-state index contributed by atoms with van der Waals surface area (Å²) in [6.45, 7) is 3.81. The van der Waals surface area contributed by atoms with Crippen molar-refractivity contribution in [3.63, 3.8) is 0 Å². The Labute approximate surface area is 151 Å². The van der Waals surface area contributed by atoms with Gasteiger partial charge in [0.25, 0.3) is 0 Å². The number of hydrogen-bond acceptors (Lipinski definition) is 2. The molecule has 1 saturated carbocycles. The van der Waals surface area contributed by atoms with E-state index in [1.807, 2.05) is 26.0 Å². The number of carboxylic acids is 1. The normalized spacial score (nSPS) is 21.7. The highest BCUT2D eigenvalue weighted by Gasteiger charge is 2.59. The molecule has 0 aromatic heterocycles. The molecule has 2 aromatic rings. The van der Waals surface area contributed by atoms with Gasteiger partial charge in [0.15, 0.2) is 0 Å². The molecule has 0 bridgehead atoms. The predicted molar refractivity (Wildman–Crippen MR) is 95.5 cm³/mol. The third-order valence-electron chi connectivity index (χ3n) is 4.71. The van der Waals surface area contributed by atoms with E-state index in [-0.39, 0.29) is 24.8 Å². The molecule has 2 atom stereocenters. The van der Waals surface area contributed by atoms with Crippen molar-refractivity contribution in [1.82, 2.24) is 0 Å². The monoisotopic (exact) mass is 360 g/mol. The van der Waals surface area contributed by atoms with E-state index >= 15 is 0 Å². The van der Waals surface area contributed by atoms with Gasteiger partial charge in [-0.25, -0.2) is 8.78 Å². The first-order valence-electron chi connectivity index (χ1n) is 8.76. The molecular weight excluding hydrogens is 338 g/mol. The first-order chi connectivity index (χ1) is 12.3. The summed E-state index contributed by atoms with van der Waals surface area (Å²) < 4.78 is 34.0. The number of rotatable bonds is 7. The molecule has 0 amide bonds. The van der Waals surface area contributed by atoms with Crippen LogP contribution >= 0.6 is 0 Å². The predicted octanol–water partition coefficient (Wildman–Crippen LogP) is 5.03. The van der Waals surface area contributed by atoms with E-state index in [4.69, 9.17) is 9.84 Å². The van der Waals surface area contributed by atoms with Crippen LogP contribution in [-0.4, -0.2) is 22.8 Å². The van der Waals surface area contributed by atoms with Crippen LogP contribution in [0, 0.1) is 11.7 Å². The first-order valence-corrected chi connectivity index (χ1v) is 8.76. The number of aryl methyl sites for hydroxylation is 1. The van der Waals surface area contributed by atoms with Gasteiger partial charge >= 0.3 is 5.97 Å². The smallest absolute Gasteiger partial charge is 0.309 e. The highest BCUT2D eigenvalue weighted by atomic mass is 19.1. The molecule has 0 saturated heterocycles. The van der Waals surface area contributed by atoms with Crippen LogP contribution < -0.4 is 4.74 Å². The second kappa shape index (κ2) is 7.06. The van der Waals surface area contributed by atoms with Crippen LogP contribution in [0.4, 0.5) is 8.78 Å². The molecular formula is C21H22F2O3. The molecule has 1 N–H and O–H groups in total. The minimum atomic E-state index is -1.58. The molecule has 3 rings (SSSR count).